The number of hydrogen-bond donors (Lipinski definition) is 0. The van der Waals surface area contributed by atoms with Crippen molar-refractivity contribution in [1.82, 2.24) is 4.57 Å². The minimum Gasteiger partial charge on any atom is -0.497 e. The van der Waals surface area contributed by atoms with Gasteiger partial charge in [0.2, 0.25) is 5.55 Å². The number of rotatable bonds is 2. The highest BCUT2D eigenvalue weighted by Gasteiger charge is 2.04. The van der Waals surface area contributed by atoms with Crippen molar-refractivity contribution < 1.29 is 9.15 Å². The Bertz CT molecular complexity index is 905. The molecule has 1 heterocycles. The molecule has 0 spiro atoms. The maximum atomic E-state index is 11.9. The van der Waals surface area contributed by atoms with E-state index in [1.807, 2.05) is 36.4 Å². The summed E-state index contributed by atoms with van der Waals surface area (Å²) in [5.74, 6) is 0.306. The third-order valence-electron chi connectivity index (χ3n) is 3.26. The van der Waals surface area contributed by atoms with Gasteiger partial charge in [-0.25, -0.2) is 9.79 Å². The van der Waals surface area contributed by atoms with Crippen molar-refractivity contribution in [3.8, 4) is 5.75 Å². The second-order valence-corrected chi connectivity index (χ2v) is 4.56. The molecule has 0 radical (unpaired) electrons. The molecule has 5 nitrogen and oxygen atoms in total. The molecule has 5 heteroatoms. The Kier molecular flexibility index (Phi) is 3.31. The molecule has 0 aliphatic heterocycles. The van der Waals surface area contributed by atoms with Crippen molar-refractivity contribution in [3.63, 3.8) is 0 Å². The Hall–Kier alpha value is -2.82. The number of fused-ring (bicyclic) bond motifs is 1. The van der Waals surface area contributed by atoms with Crippen molar-refractivity contribution in [1.29, 1.82) is 0 Å². The lowest BCUT2D eigenvalue weighted by Crippen LogP contribution is -2.22. The van der Waals surface area contributed by atoms with Gasteiger partial charge in [0.25, 0.3) is 0 Å². The fourth-order valence-electron chi connectivity index (χ4n) is 2.11. The lowest BCUT2D eigenvalue weighted by Gasteiger charge is -2.03. The highest BCUT2D eigenvalue weighted by atomic mass is 16.5. The first-order valence-corrected chi connectivity index (χ1v) is 6.47. The molecule has 2 aromatic carbocycles. The minimum absolute atomic E-state index is 0.305. The van der Waals surface area contributed by atoms with Crippen LogP contribution in [0.4, 0.5) is 5.69 Å². The summed E-state index contributed by atoms with van der Waals surface area (Å²) < 4.78 is 11.9. The zero-order valence-electron chi connectivity index (χ0n) is 11.7. The average molecular weight is 282 g/mol. The lowest BCUT2D eigenvalue weighted by molar-refractivity contribution is 0.414. The third kappa shape index (κ3) is 2.45. The van der Waals surface area contributed by atoms with Crippen LogP contribution in [0.15, 0.2) is 62.7 Å². The van der Waals surface area contributed by atoms with Crippen LogP contribution in [0.25, 0.3) is 10.9 Å². The van der Waals surface area contributed by atoms with Gasteiger partial charge in [-0.05, 0) is 36.4 Å². The van der Waals surface area contributed by atoms with Crippen LogP contribution in [0.2, 0.25) is 0 Å². The van der Waals surface area contributed by atoms with Crippen LogP contribution in [-0.2, 0) is 7.05 Å². The molecule has 0 fully saturated rings. The molecule has 3 aromatic rings. The fourth-order valence-corrected chi connectivity index (χ4v) is 2.11. The van der Waals surface area contributed by atoms with Gasteiger partial charge in [0.1, 0.15) is 5.75 Å². The molecular weight excluding hydrogens is 268 g/mol. The summed E-state index contributed by atoms with van der Waals surface area (Å²) in [6.45, 7) is 0. The van der Waals surface area contributed by atoms with Crippen molar-refractivity contribution in [2.75, 3.05) is 7.11 Å². The second kappa shape index (κ2) is 5.28. The minimum atomic E-state index is -0.444. The summed E-state index contributed by atoms with van der Waals surface area (Å²) in [5.41, 5.74) is 1.78. The van der Waals surface area contributed by atoms with Gasteiger partial charge in [-0.1, -0.05) is 12.1 Å². The topological polar surface area (TPSA) is 56.7 Å². The first-order chi connectivity index (χ1) is 10.2. The van der Waals surface area contributed by atoms with E-state index in [0.717, 1.165) is 16.7 Å². The predicted molar refractivity (Wildman–Crippen MR) is 79.7 cm³/mol. The molecule has 21 heavy (non-hydrogen) atoms. The maximum absolute atomic E-state index is 11.9. The molecular formula is C16H14N2O3. The average Bonchev–Trinajstić information content (AvgIpc) is 2.53. The first kappa shape index (κ1) is 13.2. The number of methoxy groups -OCH3 is 1. The van der Waals surface area contributed by atoms with Crippen molar-refractivity contribution in [2.24, 2.45) is 12.0 Å². The number of aryl methyl sites for hydroxylation is 1. The summed E-state index contributed by atoms with van der Waals surface area (Å²) in [7, 11) is 3.28. The Morgan fingerprint density at radius 1 is 1.10 bits per heavy atom. The second-order valence-electron chi connectivity index (χ2n) is 4.56. The third-order valence-corrected chi connectivity index (χ3v) is 3.26. The summed E-state index contributed by atoms with van der Waals surface area (Å²) >= 11 is 0. The summed E-state index contributed by atoms with van der Waals surface area (Å²) in [6.07, 6.45) is 0. The summed E-state index contributed by atoms with van der Waals surface area (Å²) in [6, 6.07) is 14.7. The largest absolute Gasteiger partial charge is 0.497 e. The summed E-state index contributed by atoms with van der Waals surface area (Å²) in [4.78, 5) is 16.3. The van der Waals surface area contributed by atoms with Crippen LogP contribution in [-0.4, -0.2) is 11.7 Å². The van der Waals surface area contributed by atoms with Gasteiger partial charge >= 0.3 is 5.76 Å². The van der Waals surface area contributed by atoms with E-state index in [-0.39, 0.29) is 0 Å². The van der Waals surface area contributed by atoms with E-state index in [9.17, 15) is 4.79 Å². The van der Waals surface area contributed by atoms with E-state index in [2.05, 4.69) is 4.99 Å². The number of hydrogen-bond acceptors (Lipinski definition) is 4. The quantitative estimate of drug-likeness (QED) is 0.725. The van der Waals surface area contributed by atoms with Gasteiger partial charge in [0, 0.05) is 7.05 Å². The van der Waals surface area contributed by atoms with Crippen LogP contribution in [0, 0.1) is 0 Å². The van der Waals surface area contributed by atoms with Crippen LogP contribution >= 0.6 is 0 Å². The number of nitrogens with zero attached hydrogens (tertiary/aromatic N) is 2. The highest BCUT2D eigenvalue weighted by molar-refractivity contribution is 5.77. The number of benzene rings is 2. The Balaban J connectivity index is 2.26. The van der Waals surface area contributed by atoms with Gasteiger partial charge in [0.15, 0.2) is 0 Å². The number of aromatic nitrogens is 1. The molecule has 0 amide bonds. The van der Waals surface area contributed by atoms with E-state index in [4.69, 9.17) is 9.15 Å². The van der Waals surface area contributed by atoms with E-state index in [1.54, 1.807) is 26.3 Å². The molecule has 0 N–H and O–H groups in total. The van der Waals surface area contributed by atoms with E-state index >= 15 is 0 Å². The van der Waals surface area contributed by atoms with Gasteiger partial charge < -0.3 is 9.15 Å². The predicted octanol–water partition coefficient (Wildman–Crippen LogP) is 2.37. The molecule has 1 aromatic heterocycles. The zero-order valence-corrected chi connectivity index (χ0v) is 11.7. The molecule has 106 valence electrons. The van der Waals surface area contributed by atoms with Crippen LogP contribution in [0.5, 0.6) is 5.75 Å². The van der Waals surface area contributed by atoms with Gasteiger partial charge in [0.05, 0.1) is 23.7 Å². The zero-order chi connectivity index (χ0) is 14.8. The number of para-hydroxylation sites is 1. The highest BCUT2D eigenvalue weighted by Crippen LogP contribution is 2.17. The first-order valence-electron chi connectivity index (χ1n) is 6.47. The molecule has 0 unspecified atom stereocenters. The van der Waals surface area contributed by atoms with Gasteiger partial charge in [-0.15, -0.1) is 0 Å². The fraction of sp³-hybridized carbons (Fsp3) is 0.125. The normalized spacial score (nSPS) is 11.8. The monoisotopic (exact) mass is 282 g/mol. The maximum Gasteiger partial charge on any atom is 0.420 e. The van der Waals surface area contributed by atoms with Crippen molar-refractivity contribution >= 4 is 16.6 Å². The smallest absolute Gasteiger partial charge is 0.420 e. The van der Waals surface area contributed by atoms with Crippen molar-refractivity contribution in [2.45, 2.75) is 0 Å². The van der Waals surface area contributed by atoms with Crippen LogP contribution in [0.1, 0.15) is 0 Å². The molecule has 0 bridgehead atoms. The molecule has 0 saturated heterocycles. The van der Waals surface area contributed by atoms with Crippen molar-refractivity contribution in [3.05, 3.63) is 64.6 Å². The Morgan fingerprint density at radius 2 is 1.81 bits per heavy atom. The van der Waals surface area contributed by atoms with Gasteiger partial charge in [-0.3, -0.25) is 4.57 Å². The SMILES string of the molecule is COc1ccc(N=c2oc(=O)n(C)c3ccccc23)cc1. The Labute approximate surface area is 120 Å². The van der Waals surface area contributed by atoms with Crippen LogP contribution < -0.4 is 16.0 Å². The molecule has 0 saturated carbocycles. The van der Waals surface area contributed by atoms with Crippen LogP contribution in [0.3, 0.4) is 0 Å². The van der Waals surface area contributed by atoms with E-state index in [0.29, 0.717) is 11.2 Å². The Morgan fingerprint density at radius 3 is 2.52 bits per heavy atom. The van der Waals surface area contributed by atoms with E-state index < -0.39 is 5.76 Å². The summed E-state index contributed by atoms with van der Waals surface area (Å²) in [5, 5.41) is 0.787. The molecule has 0 aliphatic carbocycles. The van der Waals surface area contributed by atoms with Gasteiger partial charge in [-0.2, -0.15) is 0 Å². The standard InChI is InChI=1S/C16H14N2O3/c1-18-14-6-4-3-5-13(14)15(21-16(18)19)17-11-7-9-12(20-2)10-8-11/h3-10H,1-2H3. The molecule has 0 atom stereocenters. The number of ether oxygens (including phenoxy) is 1. The van der Waals surface area contributed by atoms with E-state index in [1.165, 1.54) is 4.57 Å². The molecule has 0 aliphatic rings. The lowest BCUT2D eigenvalue weighted by atomic mass is 10.2. The molecule has 3 rings (SSSR count).